The first-order valence-electron chi connectivity index (χ1n) is 8.54. The zero-order chi connectivity index (χ0) is 21.8. The molecular formula is C18H19F3N4O4. The Bertz CT molecular complexity index is 986. The van der Waals surface area contributed by atoms with Crippen molar-refractivity contribution in [1.82, 2.24) is 10.3 Å². The summed E-state index contributed by atoms with van der Waals surface area (Å²) in [4.78, 5) is 36.6. The number of alkyl halides is 3. The minimum absolute atomic E-state index is 0.0146. The van der Waals surface area contributed by atoms with Gasteiger partial charge in [0.25, 0.3) is 11.2 Å². The van der Waals surface area contributed by atoms with Crippen LogP contribution in [0.5, 0.6) is 0 Å². The lowest BCUT2D eigenvalue weighted by atomic mass is 10.1. The third-order valence-electron chi connectivity index (χ3n) is 4.15. The SMILES string of the molecule is Cc1cc(C)c(CNC(=O)CCNc2ccc(C(F)(F)F)cc2[N+](=O)[O-])c(=O)[nH]1. The van der Waals surface area contributed by atoms with E-state index in [0.29, 0.717) is 17.3 Å². The van der Waals surface area contributed by atoms with E-state index in [0.717, 1.165) is 17.7 Å². The molecule has 0 spiro atoms. The number of nitro benzene ring substituents is 1. The second kappa shape index (κ2) is 8.76. The summed E-state index contributed by atoms with van der Waals surface area (Å²) in [5.41, 5.74) is -0.457. The summed E-state index contributed by atoms with van der Waals surface area (Å²) in [7, 11) is 0. The molecule has 1 aromatic carbocycles. The van der Waals surface area contributed by atoms with Gasteiger partial charge in [-0.1, -0.05) is 0 Å². The number of benzene rings is 1. The quantitative estimate of drug-likeness (QED) is 0.477. The van der Waals surface area contributed by atoms with Crippen molar-refractivity contribution in [1.29, 1.82) is 0 Å². The molecular weight excluding hydrogens is 393 g/mol. The third kappa shape index (κ3) is 5.80. The van der Waals surface area contributed by atoms with Crippen LogP contribution in [0, 0.1) is 24.0 Å². The number of pyridine rings is 1. The van der Waals surface area contributed by atoms with E-state index >= 15 is 0 Å². The zero-order valence-corrected chi connectivity index (χ0v) is 15.6. The van der Waals surface area contributed by atoms with Crippen molar-refractivity contribution in [3.05, 3.63) is 67.1 Å². The second-order valence-electron chi connectivity index (χ2n) is 6.38. The van der Waals surface area contributed by atoms with Crippen molar-refractivity contribution in [3.8, 4) is 0 Å². The standard InChI is InChI=1S/C18H19F3N4O4/c1-10-7-11(2)24-17(27)13(10)9-23-16(26)5-6-22-14-4-3-12(18(19,20)21)8-15(14)25(28)29/h3-4,7-8,22H,5-6,9H2,1-2H3,(H,23,26)(H,24,27). The van der Waals surface area contributed by atoms with Crippen LogP contribution in [0.2, 0.25) is 0 Å². The smallest absolute Gasteiger partial charge is 0.379 e. The van der Waals surface area contributed by atoms with Gasteiger partial charge in [0.2, 0.25) is 5.91 Å². The Morgan fingerprint density at radius 2 is 1.93 bits per heavy atom. The van der Waals surface area contributed by atoms with Gasteiger partial charge < -0.3 is 15.6 Å². The Kier molecular flexibility index (Phi) is 6.62. The summed E-state index contributed by atoms with van der Waals surface area (Å²) in [6, 6.07) is 3.89. The maximum Gasteiger partial charge on any atom is 0.416 e. The number of aromatic nitrogens is 1. The first kappa shape index (κ1) is 21.9. The number of nitrogens with one attached hydrogen (secondary N) is 3. The minimum atomic E-state index is -4.70. The molecule has 0 unspecified atom stereocenters. The lowest BCUT2D eigenvalue weighted by Gasteiger charge is -2.11. The van der Waals surface area contributed by atoms with Gasteiger partial charge in [0, 0.05) is 36.8 Å². The number of carbonyl (C=O) groups is 1. The molecule has 1 amide bonds. The van der Waals surface area contributed by atoms with E-state index in [4.69, 9.17) is 0 Å². The molecule has 0 aliphatic heterocycles. The number of anilines is 1. The van der Waals surface area contributed by atoms with Crippen molar-refractivity contribution in [2.45, 2.75) is 33.0 Å². The number of carbonyl (C=O) groups excluding carboxylic acids is 1. The fourth-order valence-electron chi connectivity index (χ4n) is 2.70. The van der Waals surface area contributed by atoms with Crippen molar-refractivity contribution >= 4 is 17.3 Å². The van der Waals surface area contributed by atoms with E-state index in [1.807, 2.05) is 0 Å². The van der Waals surface area contributed by atoms with Crippen molar-refractivity contribution in [3.63, 3.8) is 0 Å². The van der Waals surface area contributed by atoms with Gasteiger partial charge in [-0.2, -0.15) is 13.2 Å². The molecule has 3 N–H and O–H groups in total. The topological polar surface area (TPSA) is 117 Å². The average Bonchev–Trinajstić information content (AvgIpc) is 2.59. The van der Waals surface area contributed by atoms with Crippen LogP contribution in [0.3, 0.4) is 0 Å². The van der Waals surface area contributed by atoms with Crippen LogP contribution >= 0.6 is 0 Å². The lowest BCUT2D eigenvalue weighted by Crippen LogP contribution is -2.29. The number of aromatic amines is 1. The molecule has 8 nitrogen and oxygen atoms in total. The Morgan fingerprint density at radius 3 is 2.52 bits per heavy atom. The molecule has 2 aromatic rings. The molecule has 1 aromatic heterocycles. The van der Waals surface area contributed by atoms with Crippen LogP contribution in [0.25, 0.3) is 0 Å². The third-order valence-corrected chi connectivity index (χ3v) is 4.15. The zero-order valence-electron chi connectivity index (χ0n) is 15.6. The number of hydrogen-bond acceptors (Lipinski definition) is 5. The molecule has 11 heteroatoms. The maximum absolute atomic E-state index is 12.7. The Balaban J connectivity index is 1.95. The van der Waals surface area contributed by atoms with E-state index in [-0.39, 0.29) is 30.8 Å². The normalized spacial score (nSPS) is 11.2. The molecule has 0 saturated carbocycles. The molecule has 0 fully saturated rings. The summed E-state index contributed by atoms with van der Waals surface area (Å²) in [5.74, 6) is -0.425. The van der Waals surface area contributed by atoms with E-state index in [9.17, 15) is 32.9 Å². The van der Waals surface area contributed by atoms with Crippen LogP contribution in [0.4, 0.5) is 24.5 Å². The van der Waals surface area contributed by atoms with E-state index in [1.54, 1.807) is 19.9 Å². The second-order valence-corrected chi connectivity index (χ2v) is 6.38. The van der Waals surface area contributed by atoms with Crippen molar-refractivity contribution in [2.24, 2.45) is 0 Å². The molecule has 156 valence electrons. The van der Waals surface area contributed by atoms with E-state index in [2.05, 4.69) is 15.6 Å². The number of hydrogen-bond donors (Lipinski definition) is 3. The number of nitrogens with zero attached hydrogens (tertiary/aromatic N) is 1. The summed E-state index contributed by atoms with van der Waals surface area (Å²) in [6.07, 6.45) is -4.80. The predicted molar refractivity (Wildman–Crippen MR) is 99.6 cm³/mol. The first-order chi connectivity index (χ1) is 13.5. The van der Waals surface area contributed by atoms with Gasteiger partial charge >= 0.3 is 6.18 Å². The highest BCUT2D eigenvalue weighted by atomic mass is 19.4. The van der Waals surface area contributed by atoms with Crippen LogP contribution in [-0.4, -0.2) is 22.4 Å². The van der Waals surface area contributed by atoms with Crippen molar-refractivity contribution in [2.75, 3.05) is 11.9 Å². The fraction of sp³-hybridized carbons (Fsp3) is 0.333. The number of amides is 1. The van der Waals surface area contributed by atoms with Gasteiger partial charge in [-0.05, 0) is 37.6 Å². The number of nitro groups is 1. The average molecular weight is 412 g/mol. The number of rotatable bonds is 7. The fourth-order valence-corrected chi connectivity index (χ4v) is 2.70. The number of aryl methyl sites for hydroxylation is 2. The van der Waals surface area contributed by atoms with Crippen LogP contribution < -0.4 is 16.2 Å². The molecule has 2 rings (SSSR count). The monoisotopic (exact) mass is 412 g/mol. The highest BCUT2D eigenvalue weighted by Gasteiger charge is 2.33. The summed E-state index contributed by atoms with van der Waals surface area (Å²) in [5, 5.41) is 16.2. The van der Waals surface area contributed by atoms with Gasteiger partial charge in [-0.25, -0.2) is 0 Å². The largest absolute Gasteiger partial charge is 0.416 e. The molecule has 0 radical (unpaired) electrons. The number of H-pyrrole nitrogens is 1. The van der Waals surface area contributed by atoms with Gasteiger partial charge in [-0.3, -0.25) is 19.7 Å². The summed E-state index contributed by atoms with van der Waals surface area (Å²) < 4.78 is 38.1. The maximum atomic E-state index is 12.7. The highest BCUT2D eigenvalue weighted by Crippen LogP contribution is 2.34. The molecule has 29 heavy (non-hydrogen) atoms. The molecule has 0 atom stereocenters. The lowest BCUT2D eigenvalue weighted by molar-refractivity contribution is -0.384. The molecule has 0 aliphatic rings. The van der Waals surface area contributed by atoms with Crippen LogP contribution in [-0.2, 0) is 17.5 Å². The van der Waals surface area contributed by atoms with Gasteiger partial charge in [0.1, 0.15) is 5.69 Å². The Labute approximate surface area is 163 Å². The van der Waals surface area contributed by atoms with Gasteiger partial charge in [0.05, 0.1) is 10.5 Å². The van der Waals surface area contributed by atoms with Crippen LogP contribution in [0.15, 0.2) is 29.1 Å². The minimum Gasteiger partial charge on any atom is -0.379 e. The highest BCUT2D eigenvalue weighted by molar-refractivity contribution is 5.76. The molecule has 0 saturated heterocycles. The first-order valence-corrected chi connectivity index (χ1v) is 8.54. The summed E-state index contributed by atoms with van der Waals surface area (Å²) >= 11 is 0. The molecule has 0 aliphatic carbocycles. The molecule has 1 heterocycles. The van der Waals surface area contributed by atoms with E-state index in [1.165, 1.54) is 0 Å². The Morgan fingerprint density at radius 1 is 1.24 bits per heavy atom. The number of halogens is 3. The van der Waals surface area contributed by atoms with Gasteiger partial charge in [0.15, 0.2) is 0 Å². The van der Waals surface area contributed by atoms with Crippen LogP contribution in [0.1, 0.15) is 28.8 Å². The Hall–Kier alpha value is -3.37. The van der Waals surface area contributed by atoms with E-state index < -0.39 is 28.3 Å². The van der Waals surface area contributed by atoms with Crippen molar-refractivity contribution < 1.29 is 22.9 Å². The van der Waals surface area contributed by atoms with Gasteiger partial charge in [-0.15, -0.1) is 0 Å². The summed E-state index contributed by atoms with van der Waals surface area (Å²) in [6.45, 7) is 3.46. The predicted octanol–water partition coefficient (Wildman–Crippen LogP) is 3.04. The molecule has 0 bridgehead atoms.